The van der Waals surface area contributed by atoms with Crippen molar-refractivity contribution in [1.29, 1.82) is 0 Å². The van der Waals surface area contributed by atoms with E-state index in [1.54, 1.807) is 11.5 Å². The van der Waals surface area contributed by atoms with Crippen molar-refractivity contribution in [2.45, 2.75) is 32.7 Å². The van der Waals surface area contributed by atoms with Gasteiger partial charge in [-0.3, -0.25) is 4.57 Å². The average molecular weight is 291 g/mol. The lowest BCUT2D eigenvalue weighted by Crippen LogP contribution is -2.30. The van der Waals surface area contributed by atoms with Crippen molar-refractivity contribution in [3.63, 3.8) is 0 Å². The van der Waals surface area contributed by atoms with Gasteiger partial charge in [-0.1, -0.05) is 17.9 Å². The summed E-state index contributed by atoms with van der Waals surface area (Å²) in [6.45, 7) is 2.40. The zero-order valence-corrected chi connectivity index (χ0v) is 12.5. The van der Waals surface area contributed by atoms with E-state index in [9.17, 15) is 4.79 Å². The summed E-state index contributed by atoms with van der Waals surface area (Å²) in [6, 6.07) is 6.18. The Labute approximate surface area is 129 Å². The Morgan fingerprint density at radius 2 is 2.18 bits per heavy atom. The van der Waals surface area contributed by atoms with Crippen LogP contribution < -0.4 is 11.4 Å². The molecular formula is C18H17N3O. The number of hydrogen-bond donors (Lipinski definition) is 1. The molecule has 0 amide bonds. The zero-order valence-electron chi connectivity index (χ0n) is 12.5. The smallest absolute Gasteiger partial charge is 0.348 e. The first-order valence-corrected chi connectivity index (χ1v) is 7.65. The van der Waals surface area contributed by atoms with Crippen LogP contribution in [-0.2, 0) is 13.0 Å². The highest BCUT2D eigenvalue weighted by Crippen LogP contribution is 2.33. The topological polar surface area (TPSA) is 60.9 Å². The lowest BCUT2D eigenvalue weighted by molar-refractivity contribution is 0.638. The number of hydrogen-bond acceptors (Lipinski definition) is 3. The minimum atomic E-state index is -0.218. The van der Waals surface area contributed by atoms with Gasteiger partial charge in [-0.15, -0.1) is 0 Å². The summed E-state index contributed by atoms with van der Waals surface area (Å²) in [7, 11) is 0. The first-order chi connectivity index (χ1) is 10.6. The predicted molar refractivity (Wildman–Crippen MR) is 86.4 cm³/mol. The number of nitrogen functional groups attached to an aromatic ring is 1. The van der Waals surface area contributed by atoms with Crippen molar-refractivity contribution in [2.24, 2.45) is 5.92 Å². The molecule has 2 heterocycles. The quantitative estimate of drug-likeness (QED) is 0.756. The molecule has 2 aromatic rings. The Balaban J connectivity index is 1.85. The largest absolute Gasteiger partial charge is 0.396 e. The highest BCUT2D eigenvalue weighted by atomic mass is 16.1. The van der Waals surface area contributed by atoms with Gasteiger partial charge in [0.1, 0.15) is 0 Å². The van der Waals surface area contributed by atoms with Gasteiger partial charge in [0.15, 0.2) is 0 Å². The predicted octanol–water partition coefficient (Wildman–Crippen LogP) is 2.12. The maximum absolute atomic E-state index is 12.1. The summed E-state index contributed by atoms with van der Waals surface area (Å²) >= 11 is 0. The van der Waals surface area contributed by atoms with E-state index in [1.165, 1.54) is 18.4 Å². The van der Waals surface area contributed by atoms with Gasteiger partial charge in [-0.2, -0.15) is 4.98 Å². The van der Waals surface area contributed by atoms with Crippen molar-refractivity contribution < 1.29 is 0 Å². The van der Waals surface area contributed by atoms with E-state index in [2.05, 4.69) is 22.9 Å². The van der Waals surface area contributed by atoms with Gasteiger partial charge < -0.3 is 5.73 Å². The van der Waals surface area contributed by atoms with E-state index in [0.29, 0.717) is 23.8 Å². The van der Waals surface area contributed by atoms with E-state index >= 15 is 0 Å². The third-order valence-corrected chi connectivity index (χ3v) is 4.37. The second kappa shape index (κ2) is 4.74. The van der Waals surface area contributed by atoms with Crippen molar-refractivity contribution in [3.05, 3.63) is 45.5 Å². The third kappa shape index (κ3) is 2.10. The van der Waals surface area contributed by atoms with Crippen LogP contribution in [0.5, 0.6) is 0 Å². The SMILES string of the molecule is Cc1nc(=O)n2c(c1N)-c1ccc(C#CC3CC3)cc1CC2. The highest BCUT2D eigenvalue weighted by molar-refractivity contribution is 5.78. The normalized spacial score (nSPS) is 15.5. The van der Waals surface area contributed by atoms with Crippen LogP contribution in [0.2, 0.25) is 0 Å². The molecule has 0 spiro atoms. The first kappa shape index (κ1) is 13.1. The standard InChI is InChI=1S/C18H17N3O/c1-11-16(19)17-15-7-6-13(5-4-12-2-3-12)10-14(15)8-9-21(17)18(22)20-11/h6-7,10,12H,2-3,8-9,19H2,1H3. The van der Waals surface area contributed by atoms with Gasteiger partial charge in [-0.05, 0) is 43.9 Å². The molecule has 1 saturated carbocycles. The van der Waals surface area contributed by atoms with Crippen LogP contribution in [-0.4, -0.2) is 9.55 Å². The van der Waals surface area contributed by atoms with Crippen molar-refractivity contribution >= 4 is 5.69 Å². The molecule has 0 radical (unpaired) electrons. The van der Waals surface area contributed by atoms with E-state index in [0.717, 1.165) is 23.2 Å². The van der Waals surface area contributed by atoms with Gasteiger partial charge >= 0.3 is 5.69 Å². The number of aromatic nitrogens is 2. The number of rotatable bonds is 0. The van der Waals surface area contributed by atoms with Crippen LogP contribution in [0.4, 0.5) is 5.69 Å². The van der Waals surface area contributed by atoms with Crippen molar-refractivity contribution in [2.75, 3.05) is 5.73 Å². The van der Waals surface area contributed by atoms with Crippen LogP contribution in [0.15, 0.2) is 23.0 Å². The summed E-state index contributed by atoms with van der Waals surface area (Å²) in [5.74, 6) is 7.14. The molecule has 4 heteroatoms. The maximum atomic E-state index is 12.1. The van der Waals surface area contributed by atoms with E-state index in [-0.39, 0.29) is 5.69 Å². The monoisotopic (exact) mass is 291 g/mol. The summed E-state index contributed by atoms with van der Waals surface area (Å²) in [4.78, 5) is 16.1. The molecule has 4 rings (SSSR count). The summed E-state index contributed by atoms with van der Waals surface area (Å²) in [5, 5.41) is 0. The molecule has 1 aromatic carbocycles. The molecule has 2 N–H and O–H groups in total. The third-order valence-electron chi connectivity index (χ3n) is 4.37. The molecule has 1 aliphatic carbocycles. The number of fused-ring (bicyclic) bond motifs is 3. The lowest BCUT2D eigenvalue weighted by atomic mass is 9.94. The minimum Gasteiger partial charge on any atom is -0.396 e. The number of anilines is 1. The minimum absolute atomic E-state index is 0.218. The Morgan fingerprint density at radius 3 is 2.95 bits per heavy atom. The van der Waals surface area contributed by atoms with Gasteiger partial charge in [0.2, 0.25) is 0 Å². The summed E-state index contributed by atoms with van der Waals surface area (Å²) < 4.78 is 1.68. The van der Waals surface area contributed by atoms with Crippen LogP contribution in [0.1, 0.15) is 29.7 Å². The number of benzene rings is 1. The lowest BCUT2D eigenvalue weighted by Gasteiger charge is -2.23. The highest BCUT2D eigenvalue weighted by Gasteiger charge is 2.22. The number of nitrogens with two attached hydrogens (primary N) is 1. The van der Waals surface area contributed by atoms with Crippen LogP contribution in [0.3, 0.4) is 0 Å². The van der Waals surface area contributed by atoms with Crippen LogP contribution in [0, 0.1) is 24.7 Å². The Morgan fingerprint density at radius 1 is 1.36 bits per heavy atom. The van der Waals surface area contributed by atoms with Gasteiger partial charge in [0.05, 0.1) is 17.1 Å². The Hall–Kier alpha value is -2.54. The summed E-state index contributed by atoms with van der Waals surface area (Å²) in [5.41, 5.74) is 11.2. The van der Waals surface area contributed by atoms with Gasteiger partial charge in [-0.25, -0.2) is 4.79 Å². The molecule has 22 heavy (non-hydrogen) atoms. The fourth-order valence-electron chi connectivity index (χ4n) is 2.93. The van der Waals surface area contributed by atoms with E-state index < -0.39 is 0 Å². The molecular weight excluding hydrogens is 274 g/mol. The molecule has 1 aromatic heterocycles. The van der Waals surface area contributed by atoms with E-state index in [1.807, 2.05) is 12.1 Å². The molecule has 2 aliphatic rings. The molecule has 0 bridgehead atoms. The van der Waals surface area contributed by atoms with Crippen LogP contribution >= 0.6 is 0 Å². The van der Waals surface area contributed by atoms with Gasteiger partial charge in [0, 0.05) is 23.6 Å². The molecule has 0 unspecified atom stereocenters. The average Bonchev–Trinajstić information content (AvgIpc) is 3.34. The van der Waals surface area contributed by atoms with Crippen molar-refractivity contribution in [3.8, 4) is 23.1 Å². The second-order valence-corrected chi connectivity index (χ2v) is 6.06. The van der Waals surface area contributed by atoms with Gasteiger partial charge in [0.25, 0.3) is 0 Å². The maximum Gasteiger partial charge on any atom is 0.348 e. The second-order valence-electron chi connectivity index (χ2n) is 6.06. The molecule has 1 fully saturated rings. The molecule has 4 nitrogen and oxygen atoms in total. The number of nitrogens with zero attached hydrogens (tertiary/aromatic N) is 2. The molecule has 110 valence electrons. The first-order valence-electron chi connectivity index (χ1n) is 7.65. The Kier molecular flexibility index (Phi) is 2.83. The van der Waals surface area contributed by atoms with Crippen molar-refractivity contribution in [1.82, 2.24) is 9.55 Å². The number of aryl methyl sites for hydroxylation is 2. The molecule has 1 aliphatic heterocycles. The molecule has 0 atom stereocenters. The van der Waals surface area contributed by atoms with Crippen LogP contribution in [0.25, 0.3) is 11.3 Å². The summed E-state index contributed by atoms with van der Waals surface area (Å²) in [6.07, 6.45) is 3.28. The molecule has 0 saturated heterocycles. The fourth-order valence-corrected chi connectivity index (χ4v) is 2.93. The van der Waals surface area contributed by atoms with E-state index in [4.69, 9.17) is 5.73 Å². The fraction of sp³-hybridized carbons (Fsp3) is 0.333. The Bertz CT molecular complexity index is 895. The zero-order chi connectivity index (χ0) is 15.3.